The molecule has 3 heterocycles. The number of benzene rings is 4. The van der Waals surface area contributed by atoms with E-state index >= 15 is 0 Å². The first-order valence-corrected chi connectivity index (χ1v) is 13.7. The van der Waals surface area contributed by atoms with E-state index in [2.05, 4.69) is 11.4 Å². The molecule has 4 aromatic carbocycles. The summed E-state index contributed by atoms with van der Waals surface area (Å²) >= 11 is 6.59. The van der Waals surface area contributed by atoms with Gasteiger partial charge in [-0.2, -0.15) is 0 Å². The Morgan fingerprint density at radius 3 is 2.30 bits per heavy atom. The number of rotatable bonds is 4. The fourth-order valence-electron chi connectivity index (χ4n) is 6.99. The number of nitrogens with zero attached hydrogens (tertiary/aromatic N) is 1. The van der Waals surface area contributed by atoms with E-state index in [0.717, 1.165) is 22.4 Å². The number of allylic oxidation sites excluding steroid dienone is 1. The Kier molecular flexibility index (Phi) is 5.55. The number of Topliss-reactive ketones (excluding diaryl/α,β-unsaturated/α-hetero) is 2. The van der Waals surface area contributed by atoms with E-state index in [1.54, 1.807) is 48.5 Å². The predicted molar refractivity (Wildman–Crippen MR) is 157 cm³/mol. The Hall–Kier alpha value is -4.48. The summed E-state index contributed by atoms with van der Waals surface area (Å²) in [5, 5.41) is 3.37. The van der Waals surface area contributed by atoms with E-state index in [1.165, 1.54) is 0 Å². The monoisotopic (exact) mass is 544 g/mol. The summed E-state index contributed by atoms with van der Waals surface area (Å²) in [4.78, 5) is 45.8. The Bertz CT molecular complexity index is 1750. The first-order valence-electron chi connectivity index (χ1n) is 13.3. The van der Waals surface area contributed by atoms with Crippen LogP contribution in [0.1, 0.15) is 38.8 Å². The third-order valence-electron chi connectivity index (χ3n) is 8.63. The Morgan fingerprint density at radius 1 is 0.825 bits per heavy atom. The second-order valence-electron chi connectivity index (χ2n) is 10.6. The van der Waals surface area contributed by atoms with Crippen molar-refractivity contribution in [3.05, 3.63) is 136 Å². The molecule has 1 saturated heterocycles. The molecule has 7 rings (SSSR count). The van der Waals surface area contributed by atoms with Gasteiger partial charge in [0.05, 0.1) is 17.0 Å². The van der Waals surface area contributed by atoms with Crippen molar-refractivity contribution in [3.63, 3.8) is 0 Å². The van der Waals surface area contributed by atoms with E-state index in [1.807, 2.05) is 66.4 Å². The van der Waals surface area contributed by atoms with Crippen molar-refractivity contribution in [1.29, 1.82) is 0 Å². The number of nitrogens with one attached hydrogen (secondary N) is 1. The van der Waals surface area contributed by atoms with Gasteiger partial charge in [0.1, 0.15) is 11.5 Å². The maximum atomic E-state index is 14.7. The highest BCUT2D eigenvalue weighted by Crippen LogP contribution is 2.58. The van der Waals surface area contributed by atoms with E-state index in [-0.39, 0.29) is 17.5 Å². The van der Waals surface area contributed by atoms with Gasteiger partial charge in [-0.05, 0) is 42.3 Å². The molecule has 3 aliphatic rings. The van der Waals surface area contributed by atoms with Gasteiger partial charge in [-0.25, -0.2) is 0 Å². The van der Waals surface area contributed by atoms with Crippen molar-refractivity contribution in [1.82, 2.24) is 0 Å². The predicted octanol–water partition coefficient (Wildman–Crippen LogP) is 6.59. The lowest BCUT2D eigenvalue weighted by molar-refractivity contribution is -0.121. The van der Waals surface area contributed by atoms with E-state index in [9.17, 15) is 14.4 Å². The van der Waals surface area contributed by atoms with Gasteiger partial charge in [0, 0.05) is 28.1 Å². The van der Waals surface area contributed by atoms with Gasteiger partial charge in [0.25, 0.3) is 0 Å². The molecule has 196 valence electrons. The largest absolute Gasteiger partial charge is 0.352 e. The summed E-state index contributed by atoms with van der Waals surface area (Å²) < 4.78 is 0. The van der Waals surface area contributed by atoms with Crippen LogP contribution in [0.2, 0.25) is 5.02 Å². The lowest BCUT2D eigenvalue weighted by Gasteiger charge is -2.39. The molecule has 0 saturated carbocycles. The standard InChI is InChI=1S/C34H25ClN2O3/c1-20-19-28-34(24-15-7-9-17-26(24)36-33(34)40)29(31(38)21-11-3-2-4-12-21)30(32(39)23-14-5-8-16-25(23)35)37(28)27-18-10-6-13-22(20)27/h2-19,28-30H,1H3,(H,36,40)/t28-,29+,30+,34-/m1/s1. The number of hydrogen-bond acceptors (Lipinski definition) is 4. The fourth-order valence-corrected chi connectivity index (χ4v) is 7.22. The number of fused-ring (bicyclic) bond motifs is 6. The molecule has 4 atom stereocenters. The van der Waals surface area contributed by atoms with Gasteiger partial charge >= 0.3 is 0 Å². The van der Waals surface area contributed by atoms with Crippen molar-refractivity contribution >= 4 is 46.0 Å². The molecule has 3 aliphatic heterocycles. The molecule has 0 bridgehead atoms. The molecule has 4 aromatic rings. The van der Waals surface area contributed by atoms with Crippen LogP contribution in [-0.2, 0) is 10.2 Å². The molecular weight excluding hydrogens is 520 g/mol. The molecule has 5 nitrogen and oxygen atoms in total. The molecule has 6 heteroatoms. The van der Waals surface area contributed by atoms with Gasteiger partial charge in [0.2, 0.25) is 5.91 Å². The van der Waals surface area contributed by atoms with E-state index < -0.39 is 23.4 Å². The maximum absolute atomic E-state index is 14.7. The van der Waals surface area contributed by atoms with Crippen LogP contribution in [0.3, 0.4) is 0 Å². The minimum Gasteiger partial charge on any atom is -0.352 e. The van der Waals surface area contributed by atoms with Crippen molar-refractivity contribution < 1.29 is 14.4 Å². The molecule has 0 unspecified atom stereocenters. The topological polar surface area (TPSA) is 66.5 Å². The van der Waals surface area contributed by atoms with Crippen LogP contribution in [0.15, 0.2) is 109 Å². The van der Waals surface area contributed by atoms with Gasteiger partial charge < -0.3 is 10.2 Å². The van der Waals surface area contributed by atoms with Crippen LogP contribution in [-0.4, -0.2) is 29.6 Å². The summed E-state index contributed by atoms with van der Waals surface area (Å²) in [6.07, 6.45) is 2.05. The van der Waals surface area contributed by atoms with Crippen LogP contribution in [0.25, 0.3) is 5.57 Å². The zero-order chi connectivity index (χ0) is 27.6. The van der Waals surface area contributed by atoms with Gasteiger partial charge in [-0.3, -0.25) is 14.4 Å². The summed E-state index contributed by atoms with van der Waals surface area (Å²) in [5.41, 5.74) is 3.59. The number of ketones is 2. The minimum absolute atomic E-state index is 0.254. The van der Waals surface area contributed by atoms with Crippen molar-refractivity contribution in [2.75, 3.05) is 10.2 Å². The van der Waals surface area contributed by atoms with Gasteiger partial charge in [-0.1, -0.05) is 96.5 Å². The zero-order valence-electron chi connectivity index (χ0n) is 21.7. The molecule has 1 amide bonds. The maximum Gasteiger partial charge on any atom is 0.238 e. The Morgan fingerprint density at radius 2 is 1.50 bits per heavy atom. The average molecular weight is 545 g/mol. The number of para-hydroxylation sites is 2. The minimum atomic E-state index is -1.35. The summed E-state index contributed by atoms with van der Waals surface area (Å²) in [5.74, 6) is -1.85. The number of halogens is 1. The number of carbonyl (C=O) groups excluding carboxylic acids is 3. The normalized spacial score (nSPS) is 24.1. The number of anilines is 2. The number of carbonyl (C=O) groups is 3. The second-order valence-corrected chi connectivity index (χ2v) is 11.0. The van der Waals surface area contributed by atoms with Crippen LogP contribution in [0.5, 0.6) is 0 Å². The van der Waals surface area contributed by atoms with Crippen molar-refractivity contribution in [3.8, 4) is 0 Å². The van der Waals surface area contributed by atoms with Gasteiger partial charge in [-0.15, -0.1) is 0 Å². The van der Waals surface area contributed by atoms with Crippen molar-refractivity contribution in [2.24, 2.45) is 5.92 Å². The van der Waals surface area contributed by atoms with Crippen LogP contribution < -0.4 is 10.2 Å². The highest BCUT2D eigenvalue weighted by atomic mass is 35.5. The van der Waals surface area contributed by atoms with Crippen LogP contribution in [0.4, 0.5) is 11.4 Å². The molecule has 40 heavy (non-hydrogen) atoms. The average Bonchev–Trinajstić information content (AvgIpc) is 3.45. The highest BCUT2D eigenvalue weighted by molar-refractivity contribution is 6.34. The summed E-state index contributed by atoms with van der Waals surface area (Å²) in [7, 11) is 0. The fraction of sp³-hybridized carbons (Fsp3) is 0.147. The lowest BCUT2D eigenvalue weighted by Crippen LogP contribution is -2.51. The van der Waals surface area contributed by atoms with E-state index in [0.29, 0.717) is 21.8 Å². The number of hydrogen-bond donors (Lipinski definition) is 1. The molecule has 1 fully saturated rings. The Balaban J connectivity index is 1.57. The summed E-state index contributed by atoms with van der Waals surface area (Å²) in [6, 6.07) is 29.6. The van der Waals surface area contributed by atoms with Crippen LogP contribution >= 0.6 is 11.6 Å². The summed E-state index contributed by atoms with van der Waals surface area (Å²) in [6.45, 7) is 2.01. The van der Waals surface area contributed by atoms with Gasteiger partial charge in [0.15, 0.2) is 11.6 Å². The zero-order valence-corrected chi connectivity index (χ0v) is 22.4. The molecule has 1 N–H and O–H groups in total. The quantitative estimate of drug-likeness (QED) is 0.294. The lowest BCUT2D eigenvalue weighted by atomic mass is 9.64. The first kappa shape index (κ1) is 24.6. The molecule has 0 aromatic heterocycles. The molecule has 0 aliphatic carbocycles. The van der Waals surface area contributed by atoms with E-state index in [4.69, 9.17) is 11.6 Å². The SMILES string of the molecule is CC1=C[C@H]2N(c3ccccc31)[C@H](C(=O)c1ccccc1Cl)[C@@H](C(=O)c1ccccc1)[C@]21C(=O)Nc2ccccc21. The third kappa shape index (κ3) is 3.24. The smallest absolute Gasteiger partial charge is 0.238 e. The Labute approximate surface area is 237 Å². The van der Waals surface area contributed by atoms with Crippen LogP contribution in [0, 0.1) is 5.92 Å². The second kappa shape index (κ2) is 9.04. The molecule has 0 radical (unpaired) electrons. The molecule has 1 spiro atoms. The molecular formula is C34H25ClN2O3. The highest BCUT2D eigenvalue weighted by Gasteiger charge is 2.70. The first-order chi connectivity index (χ1) is 19.4. The third-order valence-corrected chi connectivity index (χ3v) is 8.96. The number of amides is 1. The van der Waals surface area contributed by atoms with Crippen molar-refractivity contribution in [2.45, 2.75) is 24.4 Å².